The van der Waals surface area contributed by atoms with E-state index in [0.29, 0.717) is 23.1 Å². The summed E-state index contributed by atoms with van der Waals surface area (Å²) in [5.41, 5.74) is -0.519. The Labute approximate surface area is 143 Å². The SMILES string of the molecule is CCCc1c2oc(C(=O)O)cc(=O)c2cc2c(=O)cc(C(=O)O)sc12. The highest BCUT2D eigenvalue weighted by Gasteiger charge is 2.19. The second-order valence-electron chi connectivity index (χ2n) is 5.42. The molecule has 2 N–H and O–H groups in total. The molecule has 0 unspecified atom stereocenters. The minimum Gasteiger partial charge on any atom is -0.477 e. The van der Waals surface area contributed by atoms with Crippen molar-refractivity contribution < 1.29 is 24.2 Å². The number of aromatic carboxylic acids is 2. The van der Waals surface area contributed by atoms with E-state index in [1.54, 1.807) is 0 Å². The van der Waals surface area contributed by atoms with Crippen molar-refractivity contribution in [2.24, 2.45) is 0 Å². The largest absolute Gasteiger partial charge is 0.477 e. The zero-order valence-electron chi connectivity index (χ0n) is 13.0. The van der Waals surface area contributed by atoms with Crippen molar-refractivity contribution in [2.45, 2.75) is 19.8 Å². The Morgan fingerprint density at radius 1 is 1.04 bits per heavy atom. The Hall–Kier alpha value is -3.00. The third kappa shape index (κ3) is 2.80. The Balaban J connectivity index is 2.57. The lowest BCUT2D eigenvalue weighted by Crippen LogP contribution is -2.10. The molecule has 1 aromatic carbocycles. The van der Waals surface area contributed by atoms with Gasteiger partial charge in [-0.25, -0.2) is 9.59 Å². The topological polar surface area (TPSA) is 122 Å². The third-order valence-electron chi connectivity index (χ3n) is 3.73. The van der Waals surface area contributed by atoms with Crippen LogP contribution in [0.4, 0.5) is 0 Å². The molecule has 2 heterocycles. The first kappa shape index (κ1) is 16.8. The number of benzene rings is 1. The molecule has 25 heavy (non-hydrogen) atoms. The molecule has 0 amide bonds. The average Bonchev–Trinajstić information content (AvgIpc) is 2.55. The van der Waals surface area contributed by atoms with E-state index in [2.05, 4.69) is 0 Å². The van der Waals surface area contributed by atoms with Crippen LogP contribution in [-0.2, 0) is 6.42 Å². The normalized spacial score (nSPS) is 11.1. The van der Waals surface area contributed by atoms with Crippen LogP contribution in [0.1, 0.15) is 39.1 Å². The van der Waals surface area contributed by atoms with Crippen molar-refractivity contribution in [3.8, 4) is 0 Å². The number of hydrogen-bond acceptors (Lipinski definition) is 6. The minimum absolute atomic E-state index is 0.0810. The predicted molar refractivity (Wildman–Crippen MR) is 92.1 cm³/mol. The van der Waals surface area contributed by atoms with E-state index in [0.717, 1.165) is 23.5 Å². The first-order valence-corrected chi connectivity index (χ1v) is 8.19. The summed E-state index contributed by atoms with van der Waals surface area (Å²) in [6.07, 6.45) is 1.03. The number of carbonyl (C=O) groups is 2. The smallest absolute Gasteiger partial charge is 0.371 e. The predicted octanol–water partition coefficient (Wildman–Crippen LogP) is 2.72. The van der Waals surface area contributed by atoms with Gasteiger partial charge >= 0.3 is 11.9 Å². The van der Waals surface area contributed by atoms with Gasteiger partial charge in [0.15, 0.2) is 10.9 Å². The molecule has 0 aliphatic rings. The lowest BCUT2D eigenvalue weighted by Gasteiger charge is -2.09. The molecule has 3 aromatic rings. The fourth-order valence-electron chi connectivity index (χ4n) is 2.66. The van der Waals surface area contributed by atoms with Crippen molar-refractivity contribution >= 4 is 44.3 Å². The van der Waals surface area contributed by atoms with Gasteiger partial charge in [0.05, 0.1) is 5.39 Å². The van der Waals surface area contributed by atoms with Crippen LogP contribution in [0.2, 0.25) is 0 Å². The summed E-state index contributed by atoms with van der Waals surface area (Å²) in [5, 5.41) is 18.6. The molecule has 0 spiro atoms. The van der Waals surface area contributed by atoms with Gasteiger partial charge < -0.3 is 14.6 Å². The zero-order valence-corrected chi connectivity index (χ0v) is 13.8. The monoisotopic (exact) mass is 360 g/mol. The number of fused-ring (bicyclic) bond motifs is 2. The van der Waals surface area contributed by atoms with Crippen LogP contribution < -0.4 is 10.9 Å². The standard InChI is InChI=1S/C17H12O7S/c1-2-3-7-14-8(10(18)5-12(24-14)16(20)21)4-9-11(19)6-13(17(22)23)25-15(7)9/h4-6H,2-3H2,1H3,(H,20,21)(H,22,23). The summed E-state index contributed by atoms with van der Waals surface area (Å²) in [6.45, 7) is 1.87. The van der Waals surface area contributed by atoms with E-state index in [1.165, 1.54) is 6.07 Å². The fraction of sp³-hybridized carbons (Fsp3) is 0.176. The summed E-state index contributed by atoms with van der Waals surface area (Å²) >= 11 is 0.902. The molecule has 0 bridgehead atoms. The van der Waals surface area contributed by atoms with Crippen LogP contribution >= 0.6 is 11.3 Å². The molecule has 0 saturated heterocycles. The Bertz CT molecular complexity index is 1070. The number of carboxylic acid groups (broad SMARTS) is 2. The van der Waals surface area contributed by atoms with Crippen LogP contribution in [0.15, 0.2) is 32.2 Å². The van der Waals surface area contributed by atoms with Gasteiger partial charge in [0.2, 0.25) is 5.76 Å². The second-order valence-corrected chi connectivity index (χ2v) is 6.47. The van der Waals surface area contributed by atoms with Crippen molar-refractivity contribution in [1.82, 2.24) is 0 Å². The number of rotatable bonds is 4. The molecule has 2 aromatic heterocycles. The molecule has 128 valence electrons. The van der Waals surface area contributed by atoms with Crippen LogP contribution in [0.5, 0.6) is 0 Å². The van der Waals surface area contributed by atoms with Crippen molar-refractivity contribution in [1.29, 1.82) is 0 Å². The summed E-state index contributed by atoms with van der Waals surface area (Å²) in [7, 11) is 0. The van der Waals surface area contributed by atoms with E-state index in [9.17, 15) is 24.3 Å². The van der Waals surface area contributed by atoms with Gasteiger partial charge in [-0.3, -0.25) is 9.59 Å². The van der Waals surface area contributed by atoms with Crippen molar-refractivity contribution in [3.63, 3.8) is 0 Å². The van der Waals surface area contributed by atoms with Gasteiger partial charge in [0.1, 0.15) is 10.5 Å². The quantitative estimate of drug-likeness (QED) is 0.686. The van der Waals surface area contributed by atoms with E-state index in [4.69, 9.17) is 9.52 Å². The zero-order chi connectivity index (χ0) is 18.3. The molecule has 0 saturated carbocycles. The fourth-order valence-corrected chi connectivity index (χ4v) is 3.72. The number of carboxylic acids is 2. The molecule has 0 radical (unpaired) electrons. The molecule has 8 heteroatoms. The molecule has 0 atom stereocenters. The van der Waals surface area contributed by atoms with E-state index in [1.807, 2.05) is 6.92 Å². The lowest BCUT2D eigenvalue weighted by molar-refractivity contribution is 0.0660. The van der Waals surface area contributed by atoms with E-state index < -0.39 is 28.6 Å². The summed E-state index contributed by atoms with van der Waals surface area (Å²) in [6, 6.07) is 3.22. The average molecular weight is 360 g/mol. The maximum Gasteiger partial charge on any atom is 0.371 e. The maximum absolute atomic E-state index is 12.3. The minimum atomic E-state index is -1.38. The summed E-state index contributed by atoms with van der Waals surface area (Å²) in [5.74, 6) is -3.11. The van der Waals surface area contributed by atoms with E-state index in [-0.39, 0.29) is 21.2 Å². The lowest BCUT2D eigenvalue weighted by atomic mass is 10.0. The highest BCUT2D eigenvalue weighted by molar-refractivity contribution is 7.20. The van der Waals surface area contributed by atoms with Crippen LogP contribution in [0.25, 0.3) is 21.1 Å². The van der Waals surface area contributed by atoms with Crippen LogP contribution in [-0.4, -0.2) is 22.2 Å². The first-order valence-electron chi connectivity index (χ1n) is 7.37. The van der Waals surface area contributed by atoms with Gasteiger partial charge in [-0.05, 0) is 12.5 Å². The highest BCUT2D eigenvalue weighted by atomic mass is 32.1. The second kappa shape index (κ2) is 6.14. The third-order valence-corrected chi connectivity index (χ3v) is 4.91. The van der Waals surface area contributed by atoms with Crippen molar-refractivity contribution in [2.75, 3.05) is 0 Å². The van der Waals surface area contributed by atoms with Gasteiger partial charge in [-0.2, -0.15) is 0 Å². The number of hydrogen-bond donors (Lipinski definition) is 2. The van der Waals surface area contributed by atoms with Gasteiger partial charge in [-0.1, -0.05) is 13.3 Å². The van der Waals surface area contributed by atoms with Gasteiger partial charge in [-0.15, -0.1) is 11.3 Å². The summed E-state index contributed by atoms with van der Waals surface area (Å²) < 4.78 is 5.79. The van der Waals surface area contributed by atoms with Gasteiger partial charge in [0, 0.05) is 27.8 Å². The Morgan fingerprint density at radius 2 is 1.72 bits per heavy atom. The molecule has 0 aliphatic heterocycles. The summed E-state index contributed by atoms with van der Waals surface area (Å²) in [4.78, 5) is 46.9. The molecule has 3 rings (SSSR count). The number of aryl methyl sites for hydroxylation is 1. The van der Waals surface area contributed by atoms with Gasteiger partial charge in [0.25, 0.3) is 0 Å². The van der Waals surface area contributed by atoms with Crippen LogP contribution in [0.3, 0.4) is 0 Å². The molecule has 0 fully saturated rings. The highest BCUT2D eigenvalue weighted by Crippen LogP contribution is 2.31. The Morgan fingerprint density at radius 3 is 2.32 bits per heavy atom. The molecular formula is C17H12O7S. The molecule has 7 nitrogen and oxygen atoms in total. The molecule has 0 aliphatic carbocycles. The van der Waals surface area contributed by atoms with Crippen molar-refractivity contribution in [3.05, 3.63) is 54.8 Å². The first-order chi connectivity index (χ1) is 11.8. The van der Waals surface area contributed by atoms with E-state index >= 15 is 0 Å². The molecular weight excluding hydrogens is 348 g/mol. The Kier molecular flexibility index (Phi) is 4.13. The maximum atomic E-state index is 12.3. The van der Waals surface area contributed by atoms with Crippen LogP contribution in [0, 0.1) is 0 Å².